The second-order valence-electron chi connectivity index (χ2n) is 5.12. The van der Waals surface area contributed by atoms with Gasteiger partial charge in [0.1, 0.15) is 0 Å². The van der Waals surface area contributed by atoms with E-state index >= 15 is 0 Å². The Morgan fingerprint density at radius 3 is 2.76 bits per heavy atom. The molecule has 1 aromatic rings. The van der Waals surface area contributed by atoms with Gasteiger partial charge in [0, 0.05) is 29.4 Å². The van der Waals surface area contributed by atoms with Crippen LogP contribution >= 0.6 is 11.6 Å². The lowest BCUT2D eigenvalue weighted by molar-refractivity contribution is 0.280. The summed E-state index contributed by atoms with van der Waals surface area (Å²) < 4.78 is 0. The highest BCUT2D eigenvalue weighted by atomic mass is 35.5. The van der Waals surface area contributed by atoms with E-state index in [1.165, 1.54) is 6.42 Å². The molecule has 1 aromatic carbocycles. The molecule has 3 heteroatoms. The molecule has 2 rings (SSSR count). The number of aliphatic hydroxyl groups is 1. The first kappa shape index (κ1) is 12.7. The molecule has 1 N–H and O–H groups in total. The van der Waals surface area contributed by atoms with Crippen molar-refractivity contribution in [1.29, 1.82) is 0 Å². The van der Waals surface area contributed by atoms with Gasteiger partial charge >= 0.3 is 0 Å². The molecule has 1 aliphatic rings. The molecule has 0 saturated carbocycles. The molecule has 1 fully saturated rings. The van der Waals surface area contributed by atoms with Crippen molar-refractivity contribution in [2.24, 2.45) is 11.8 Å². The summed E-state index contributed by atoms with van der Waals surface area (Å²) in [6, 6.07) is 5.72. The average molecular weight is 254 g/mol. The molecular weight excluding hydrogens is 234 g/mol. The number of hydrogen-bond donors (Lipinski definition) is 1. The van der Waals surface area contributed by atoms with Crippen LogP contribution in [0.3, 0.4) is 0 Å². The van der Waals surface area contributed by atoms with E-state index < -0.39 is 0 Å². The van der Waals surface area contributed by atoms with E-state index in [9.17, 15) is 5.11 Å². The molecule has 1 saturated heterocycles. The van der Waals surface area contributed by atoms with Crippen molar-refractivity contribution < 1.29 is 5.11 Å². The Bertz CT molecular complexity index is 394. The fourth-order valence-corrected chi connectivity index (χ4v) is 2.61. The lowest BCUT2D eigenvalue weighted by Gasteiger charge is -2.37. The third-order valence-corrected chi connectivity index (χ3v) is 4.13. The van der Waals surface area contributed by atoms with Crippen LogP contribution in [-0.4, -0.2) is 18.2 Å². The summed E-state index contributed by atoms with van der Waals surface area (Å²) in [6.45, 7) is 6.78. The lowest BCUT2D eigenvalue weighted by atomic mass is 9.88. The fourth-order valence-electron chi connectivity index (χ4n) is 2.45. The van der Waals surface area contributed by atoms with Crippen LogP contribution in [0.15, 0.2) is 18.2 Å². The van der Waals surface area contributed by atoms with Gasteiger partial charge in [-0.1, -0.05) is 31.5 Å². The predicted octanol–water partition coefficient (Wildman–Crippen LogP) is 3.31. The third-order valence-electron chi connectivity index (χ3n) is 3.89. The summed E-state index contributed by atoms with van der Waals surface area (Å²) in [5.74, 6) is 1.47. The zero-order valence-corrected chi connectivity index (χ0v) is 11.2. The van der Waals surface area contributed by atoms with Crippen LogP contribution in [0.5, 0.6) is 0 Å². The quantitative estimate of drug-likeness (QED) is 0.874. The molecule has 2 unspecified atom stereocenters. The van der Waals surface area contributed by atoms with Gasteiger partial charge in [-0.25, -0.2) is 0 Å². The minimum absolute atomic E-state index is 0.0763. The highest BCUT2D eigenvalue weighted by Crippen LogP contribution is 2.31. The average Bonchev–Trinajstić information content (AvgIpc) is 2.32. The van der Waals surface area contributed by atoms with Crippen LogP contribution < -0.4 is 4.90 Å². The van der Waals surface area contributed by atoms with Crippen LogP contribution in [0.1, 0.15) is 25.8 Å². The normalized spacial score (nSPS) is 25.1. The second-order valence-corrected chi connectivity index (χ2v) is 5.56. The van der Waals surface area contributed by atoms with Crippen molar-refractivity contribution in [2.75, 3.05) is 18.0 Å². The van der Waals surface area contributed by atoms with Gasteiger partial charge in [-0.15, -0.1) is 0 Å². The minimum atomic E-state index is 0.0763. The SMILES string of the molecule is CC1CCN(c2cc(Cl)ccc2CO)CC1C. The van der Waals surface area contributed by atoms with Crippen molar-refractivity contribution in [3.63, 3.8) is 0 Å². The Labute approximate surface area is 108 Å². The Morgan fingerprint density at radius 1 is 1.35 bits per heavy atom. The van der Waals surface area contributed by atoms with E-state index in [-0.39, 0.29) is 6.61 Å². The number of rotatable bonds is 2. The molecule has 0 spiro atoms. The van der Waals surface area contributed by atoms with Gasteiger partial charge in [-0.05, 0) is 30.4 Å². The summed E-state index contributed by atoms with van der Waals surface area (Å²) in [4.78, 5) is 2.35. The van der Waals surface area contributed by atoms with Gasteiger partial charge in [-0.2, -0.15) is 0 Å². The van der Waals surface area contributed by atoms with E-state index in [1.807, 2.05) is 18.2 Å². The summed E-state index contributed by atoms with van der Waals surface area (Å²) in [6.07, 6.45) is 1.21. The number of benzene rings is 1. The maximum atomic E-state index is 9.39. The number of piperidine rings is 1. The Balaban J connectivity index is 2.24. The van der Waals surface area contributed by atoms with Crippen molar-refractivity contribution in [2.45, 2.75) is 26.9 Å². The zero-order valence-electron chi connectivity index (χ0n) is 10.5. The summed E-state index contributed by atoms with van der Waals surface area (Å²) >= 11 is 6.05. The van der Waals surface area contributed by atoms with Gasteiger partial charge in [0.15, 0.2) is 0 Å². The van der Waals surface area contributed by atoms with E-state index in [4.69, 9.17) is 11.6 Å². The summed E-state index contributed by atoms with van der Waals surface area (Å²) in [5, 5.41) is 10.1. The van der Waals surface area contributed by atoms with E-state index in [1.54, 1.807) is 0 Å². The smallest absolute Gasteiger partial charge is 0.0702 e. The molecule has 94 valence electrons. The molecule has 0 bridgehead atoms. The van der Waals surface area contributed by atoms with Crippen LogP contribution in [0.2, 0.25) is 5.02 Å². The lowest BCUT2D eigenvalue weighted by Crippen LogP contribution is -2.38. The maximum absolute atomic E-state index is 9.39. The molecule has 17 heavy (non-hydrogen) atoms. The molecule has 1 aliphatic heterocycles. The van der Waals surface area contributed by atoms with Crippen LogP contribution in [-0.2, 0) is 6.61 Å². The van der Waals surface area contributed by atoms with Gasteiger partial charge in [-0.3, -0.25) is 0 Å². The molecule has 0 amide bonds. The van der Waals surface area contributed by atoms with Crippen LogP contribution in [0.25, 0.3) is 0 Å². The monoisotopic (exact) mass is 253 g/mol. The third kappa shape index (κ3) is 2.75. The first-order chi connectivity index (χ1) is 8.11. The van der Waals surface area contributed by atoms with Crippen molar-refractivity contribution in [3.8, 4) is 0 Å². The van der Waals surface area contributed by atoms with E-state index in [0.29, 0.717) is 5.92 Å². The highest BCUT2D eigenvalue weighted by molar-refractivity contribution is 6.30. The number of aliphatic hydroxyl groups excluding tert-OH is 1. The first-order valence-corrected chi connectivity index (χ1v) is 6.64. The van der Waals surface area contributed by atoms with E-state index in [2.05, 4.69) is 18.7 Å². The zero-order chi connectivity index (χ0) is 12.4. The summed E-state index contributed by atoms with van der Waals surface area (Å²) in [5.41, 5.74) is 2.06. The molecular formula is C14H20ClNO. The van der Waals surface area contributed by atoms with Gasteiger partial charge in [0.25, 0.3) is 0 Å². The Kier molecular flexibility index (Phi) is 3.95. The topological polar surface area (TPSA) is 23.5 Å². The van der Waals surface area contributed by atoms with Crippen LogP contribution in [0, 0.1) is 11.8 Å². The number of nitrogens with zero attached hydrogens (tertiary/aromatic N) is 1. The molecule has 0 aromatic heterocycles. The van der Waals surface area contributed by atoms with Crippen molar-refractivity contribution in [1.82, 2.24) is 0 Å². The van der Waals surface area contributed by atoms with Crippen molar-refractivity contribution in [3.05, 3.63) is 28.8 Å². The molecule has 2 nitrogen and oxygen atoms in total. The van der Waals surface area contributed by atoms with Crippen LogP contribution in [0.4, 0.5) is 5.69 Å². The second kappa shape index (κ2) is 5.28. The Hall–Kier alpha value is -0.730. The first-order valence-electron chi connectivity index (χ1n) is 6.26. The van der Waals surface area contributed by atoms with Crippen molar-refractivity contribution >= 4 is 17.3 Å². The molecule has 1 heterocycles. The maximum Gasteiger partial charge on any atom is 0.0702 e. The minimum Gasteiger partial charge on any atom is -0.392 e. The largest absolute Gasteiger partial charge is 0.392 e. The number of hydrogen-bond acceptors (Lipinski definition) is 2. The van der Waals surface area contributed by atoms with Gasteiger partial charge in [0.2, 0.25) is 0 Å². The highest BCUT2D eigenvalue weighted by Gasteiger charge is 2.24. The van der Waals surface area contributed by atoms with E-state index in [0.717, 1.165) is 35.3 Å². The molecule has 0 aliphatic carbocycles. The molecule has 0 radical (unpaired) electrons. The van der Waals surface area contributed by atoms with Gasteiger partial charge < -0.3 is 10.0 Å². The number of anilines is 1. The predicted molar refractivity (Wildman–Crippen MR) is 72.5 cm³/mol. The fraction of sp³-hybridized carbons (Fsp3) is 0.571. The standard InChI is InChI=1S/C14H20ClNO/c1-10-5-6-16(8-11(10)2)14-7-13(15)4-3-12(14)9-17/h3-4,7,10-11,17H,5-6,8-9H2,1-2H3. The molecule has 2 atom stereocenters. The Morgan fingerprint density at radius 2 is 2.12 bits per heavy atom. The van der Waals surface area contributed by atoms with Gasteiger partial charge in [0.05, 0.1) is 6.61 Å². The summed E-state index contributed by atoms with van der Waals surface area (Å²) in [7, 11) is 0. The number of halogens is 1.